The summed E-state index contributed by atoms with van der Waals surface area (Å²) in [6, 6.07) is 6.73. The van der Waals surface area contributed by atoms with E-state index in [2.05, 4.69) is 20.8 Å². The van der Waals surface area contributed by atoms with Crippen molar-refractivity contribution in [3.63, 3.8) is 0 Å². The van der Waals surface area contributed by atoms with Crippen LogP contribution in [-0.2, 0) is 11.2 Å². The molecule has 1 aromatic carbocycles. The Labute approximate surface area is 115 Å². The molecule has 0 saturated heterocycles. The lowest BCUT2D eigenvalue weighted by Gasteiger charge is -2.37. The normalized spacial score (nSPS) is 24.5. The van der Waals surface area contributed by atoms with Crippen molar-refractivity contribution in [1.82, 2.24) is 0 Å². The number of rotatable bonds is 3. The molecule has 0 spiro atoms. The van der Waals surface area contributed by atoms with Crippen LogP contribution in [0.4, 0.5) is 4.39 Å². The molecule has 104 valence electrons. The molecule has 2 atom stereocenters. The number of hydrogen-bond acceptors (Lipinski definition) is 1. The molecule has 1 nitrogen and oxygen atoms in total. The van der Waals surface area contributed by atoms with E-state index in [9.17, 15) is 9.18 Å². The monoisotopic (exact) mass is 262 g/mol. The van der Waals surface area contributed by atoms with Crippen LogP contribution in [0.25, 0.3) is 0 Å². The molecule has 0 N–H and O–H groups in total. The first-order chi connectivity index (χ1) is 8.88. The van der Waals surface area contributed by atoms with Crippen molar-refractivity contribution in [3.05, 3.63) is 35.6 Å². The Kier molecular flexibility index (Phi) is 4.07. The van der Waals surface area contributed by atoms with E-state index < -0.39 is 0 Å². The number of halogens is 1. The van der Waals surface area contributed by atoms with Gasteiger partial charge in [-0.15, -0.1) is 0 Å². The lowest BCUT2D eigenvalue weighted by molar-refractivity contribution is -0.129. The second-order valence-electron chi connectivity index (χ2n) is 6.70. The summed E-state index contributed by atoms with van der Waals surface area (Å²) >= 11 is 0. The largest absolute Gasteiger partial charge is 0.299 e. The van der Waals surface area contributed by atoms with Gasteiger partial charge in [0.1, 0.15) is 11.6 Å². The number of carbonyl (C=O) groups excluding carboxylic acids is 1. The van der Waals surface area contributed by atoms with Gasteiger partial charge in [0.05, 0.1) is 0 Å². The van der Waals surface area contributed by atoms with Gasteiger partial charge >= 0.3 is 0 Å². The van der Waals surface area contributed by atoms with Gasteiger partial charge in [-0.25, -0.2) is 4.39 Å². The van der Waals surface area contributed by atoms with Crippen LogP contribution >= 0.6 is 0 Å². The summed E-state index contributed by atoms with van der Waals surface area (Å²) in [4.78, 5) is 12.2. The summed E-state index contributed by atoms with van der Waals surface area (Å²) in [7, 11) is 0. The average molecular weight is 262 g/mol. The molecule has 1 fully saturated rings. The molecule has 1 aromatic rings. The molecule has 0 radical (unpaired) electrons. The second-order valence-corrected chi connectivity index (χ2v) is 6.70. The maximum Gasteiger partial charge on any atom is 0.136 e. The minimum atomic E-state index is -0.197. The van der Waals surface area contributed by atoms with Gasteiger partial charge in [-0.1, -0.05) is 32.9 Å². The Hall–Kier alpha value is -1.18. The summed E-state index contributed by atoms with van der Waals surface area (Å²) in [6.45, 7) is 6.42. The summed E-state index contributed by atoms with van der Waals surface area (Å²) in [5, 5.41) is 0. The highest BCUT2D eigenvalue weighted by Crippen LogP contribution is 2.40. The lowest BCUT2D eigenvalue weighted by atomic mass is 9.66. The average Bonchev–Trinajstić information content (AvgIpc) is 2.27. The van der Waals surface area contributed by atoms with Crippen molar-refractivity contribution in [2.45, 2.75) is 46.5 Å². The topological polar surface area (TPSA) is 17.1 Å². The summed E-state index contributed by atoms with van der Waals surface area (Å²) in [5.74, 6) is 0.831. The van der Waals surface area contributed by atoms with Crippen LogP contribution < -0.4 is 0 Å². The summed E-state index contributed by atoms with van der Waals surface area (Å²) in [6.07, 6.45) is 3.57. The predicted octanol–water partition coefficient (Wildman–Crippen LogP) is 4.40. The summed E-state index contributed by atoms with van der Waals surface area (Å²) < 4.78 is 13.2. The van der Waals surface area contributed by atoms with E-state index in [0.29, 0.717) is 18.1 Å². The van der Waals surface area contributed by atoms with Crippen molar-refractivity contribution in [2.75, 3.05) is 0 Å². The van der Waals surface area contributed by atoms with E-state index in [0.717, 1.165) is 24.8 Å². The quantitative estimate of drug-likeness (QED) is 0.789. The molecule has 2 heteroatoms. The van der Waals surface area contributed by atoms with Gasteiger partial charge in [0, 0.05) is 12.3 Å². The number of Topliss-reactive ketones (excluding diaryl/α,β-unsaturated/α-hetero) is 1. The van der Waals surface area contributed by atoms with Crippen molar-refractivity contribution in [1.29, 1.82) is 0 Å². The molecule has 0 heterocycles. The van der Waals surface area contributed by atoms with Crippen molar-refractivity contribution < 1.29 is 9.18 Å². The maximum atomic E-state index is 13.2. The third-order valence-corrected chi connectivity index (χ3v) is 4.38. The SMILES string of the molecule is CC1CCC(C(C)(C)Cc2cccc(F)c2)C(=O)C1. The van der Waals surface area contributed by atoms with Gasteiger partial charge in [0.25, 0.3) is 0 Å². The van der Waals surface area contributed by atoms with Crippen LogP contribution in [0.1, 0.15) is 45.6 Å². The molecular weight excluding hydrogens is 239 g/mol. The first-order valence-corrected chi connectivity index (χ1v) is 7.15. The Balaban J connectivity index is 2.11. The number of carbonyl (C=O) groups is 1. The maximum absolute atomic E-state index is 13.2. The zero-order valence-corrected chi connectivity index (χ0v) is 12.1. The van der Waals surface area contributed by atoms with Gasteiger partial charge in [0.15, 0.2) is 0 Å². The van der Waals surface area contributed by atoms with E-state index in [1.54, 1.807) is 12.1 Å². The standard InChI is InChI=1S/C17H23FO/c1-12-7-8-15(16(19)9-12)17(2,3)11-13-5-4-6-14(18)10-13/h4-6,10,12,15H,7-9,11H2,1-3H3. The molecule has 19 heavy (non-hydrogen) atoms. The predicted molar refractivity (Wildman–Crippen MR) is 75.4 cm³/mol. The van der Waals surface area contributed by atoms with E-state index in [1.165, 1.54) is 6.07 Å². The lowest BCUT2D eigenvalue weighted by Crippen LogP contribution is -2.36. The van der Waals surface area contributed by atoms with Crippen LogP contribution in [0.3, 0.4) is 0 Å². The van der Waals surface area contributed by atoms with Crippen molar-refractivity contribution in [3.8, 4) is 0 Å². The first kappa shape index (κ1) is 14.2. The zero-order valence-electron chi connectivity index (χ0n) is 12.1. The molecule has 1 saturated carbocycles. The minimum Gasteiger partial charge on any atom is -0.299 e. The molecule has 1 aliphatic rings. The molecule has 0 amide bonds. The molecular formula is C17H23FO. The highest BCUT2D eigenvalue weighted by molar-refractivity contribution is 5.82. The van der Waals surface area contributed by atoms with Gasteiger partial charge in [-0.2, -0.15) is 0 Å². The Morgan fingerprint density at radius 2 is 2.05 bits per heavy atom. The van der Waals surface area contributed by atoms with Gasteiger partial charge < -0.3 is 0 Å². The molecule has 0 aromatic heterocycles. The van der Waals surface area contributed by atoms with E-state index in [1.807, 2.05) is 6.07 Å². The van der Waals surface area contributed by atoms with Crippen LogP contribution in [0, 0.1) is 23.1 Å². The van der Waals surface area contributed by atoms with Gasteiger partial charge in [-0.3, -0.25) is 4.79 Å². The van der Waals surface area contributed by atoms with Crippen LogP contribution in [-0.4, -0.2) is 5.78 Å². The Morgan fingerprint density at radius 3 is 2.68 bits per heavy atom. The number of hydrogen-bond donors (Lipinski definition) is 0. The second kappa shape index (κ2) is 5.44. The number of ketones is 1. The molecule has 2 unspecified atom stereocenters. The fraction of sp³-hybridized carbons (Fsp3) is 0.588. The van der Waals surface area contributed by atoms with E-state index >= 15 is 0 Å². The van der Waals surface area contributed by atoms with Gasteiger partial charge in [-0.05, 0) is 48.3 Å². The highest BCUT2D eigenvalue weighted by atomic mass is 19.1. The van der Waals surface area contributed by atoms with E-state index in [4.69, 9.17) is 0 Å². The van der Waals surface area contributed by atoms with Crippen molar-refractivity contribution >= 4 is 5.78 Å². The molecule has 1 aliphatic carbocycles. The number of benzene rings is 1. The molecule has 2 rings (SSSR count). The van der Waals surface area contributed by atoms with Crippen LogP contribution in [0.5, 0.6) is 0 Å². The van der Waals surface area contributed by atoms with E-state index in [-0.39, 0.29) is 17.2 Å². The smallest absolute Gasteiger partial charge is 0.136 e. The minimum absolute atomic E-state index is 0.0922. The third-order valence-electron chi connectivity index (χ3n) is 4.38. The Morgan fingerprint density at radius 1 is 1.32 bits per heavy atom. The first-order valence-electron chi connectivity index (χ1n) is 7.15. The summed E-state index contributed by atoms with van der Waals surface area (Å²) in [5.41, 5.74) is 0.891. The third kappa shape index (κ3) is 3.43. The van der Waals surface area contributed by atoms with Crippen LogP contribution in [0.15, 0.2) is 24.3 Å². The Bertz CT molecular complexity index is 464. The van der Waals surface area contributed by atoms with Crippen molar-refractivity contribution in [2.24, 2.45) is 17.3 Å². The molecule has 0 bridgehead atoms. The highest BCUT2D eigenvalue weighted by Gasteiger charge is 2.37. The molecule has 0 aliphatic heterocycles. The van der Waals surface area contributed by atoms with Crippen LogP contribution in [0.2, 0.25) is 0 Å². The fourth-order valence-electron chi connectivity index (χ4n) is 3.32. The van der Waals surface area contributed by atoms with Gasteiger partial charge in [0.2, 0.25) is 0 Å². The fourth-order valence-corrected chi connectivity index (χ4v) is 3.32. The zero-order chi connectivity index (χ0) is 14.0.